The Labute approximate surface area is 517 Å². The number of methoxy groups -OCH3 is 2. The summed E-state index contributed by atoms with van der Waals surface area (Å²) >= 11 is 1.17. The van der Waals surface area contributed by atoms with Gasteiger partial charge in [-0.25, -0.2) is 39.6 Å². The highest BCUT2D eigenvalue weighted by Gasteiger charge is 2.20. The van der Waals surface area contributed by atoms with Gasteiger partial charge >= 0.3 is 17.9 Å². The second-order valence-electron chi connectivity index (χ2n) is 21.1. The zero-order valence-electron chi connectivity index (χ0n) is 48.8. The smallest absolute Gasteiger partial charge is 0.335 e. The van der Waals surface area contributed by atoms with E-state index in [0.29, 0.717) is 28.6 Å². The topological polar surface area (TPSA) is 269 Å². The summed E-state index contributed by atoms with van der Waals surface area (Å²) in [6.45, 7) is 6.25. The average molecular weight is 1270 g/mol. The first-order chi connectivity index (χ1) is 41.8. The largest absolute Gasteiger partial charge is 0.493 e. The molecule has 458 valence electrons. The van der Waals surface area contributed by atoms with Gasteiger partial charge in [0.1, 0.15) is 4.21 Å². The number of aryl methyl sites for hydroxylation is 6. The van der Waals surface area contributed by atoms with Crippen LogP contribution in [0.5, 0.6) is 11.5 Å². The van der Waals surface area contributed by atoms with Crippen molar-refractivity contribution >= 4 is 76.4 Å². The van der Waals surface area contributed by atoms with Crippen LogP contribution >= 0.6 is 11.3 Å². The average Bonchev–Trinajstić information content (AvgIpc) is 2.09. The minimum atomic E-state index is -3.78. The summed E-state index contributed by atoms with van der Waals surface area (Å²) in [4.78, 5) is 33.0. The Kier molecular flexibility index (Phi) is 22.5. The number of hydrogen-bond donors (Lipinski definition) is 6. The van der Waals surface area contributed by atoms with Crippen LogP contribution in [0.3, 0.4) is 0 Å². The van der Waals surface area contributed by atoms with Crippen molar-refractivity contribution in [2.75, 3.05) is 28.4 Å². The van der Waals surface area contributed by atoms with Gasteiger partial charge in [-0.1, -0.05) is 112 Å². The molecular formula is C67H67N3O14S4. The van der Waals surface area contributed by atoms with Crippen molar-refractivity contribution in [3.05, 3.63) is 261 Å². The fourth-order valence-electron chi connectivity index (χ4n) is 8.69. The van der Waals surface area contributed by atoms with Crippen molar-refractivity contribution < 1.29 is 64.4 Å². The molecule has 17 nitrogen and oxygen atoms in total. The van der Waals surface area contributed by atoms with Gasteiger partial charge < -0.3 is 24.8 Å². The Hall–Kier alpha value is -9.28. The SMILES string of the molecule is CC(C)(C)c1ccc(S(=O)(=O)Nc2ccc(CCc3ccc(C(=O)O)cc3)cc2)cc1.COc1ccc(S(=O)(=O)Nc2ccc(CCc3ccc(C(=O)O)cc3)cc2)cc1OC.O=C(O)c1ccc(CCc2ccc(NS(=O)(=O)c3cccs3)cc2)cc1. The van der Waals surface area contributed by atoms with Gasteiger partial charge in [-0.05, 0) is 191 Å². The summed E-state index contributed by atoms with van der Waals surface area (Å²) in [5, 5.41) is 28.5. The molecule has 0 fully saturated rings. The van der Waals surface area contributed by atoms with Crippen LogP contribution in [0.15, 0.2) is 220 Å². The summed E-state index contributed by atoms with van der Waals surface area (Å²) in [5.74, 6) is -2.04. The zero-order chi connectivity index (χ0) is 63.7. The highest BCUT2D eigenvalue weighted by Crippen LogP contribution is 2.31. The monoisotopic (exact) mass is 1270 g/mol. The lowest BCUT2D eigenvalue weighted by molar-refractivity contribution is 0.0686. The minimum absolute atomic E-state index is 0.0378. The molecular weight excluding hydrogens is 1200 g/mol. The minimum Gasteiger partial charge on any atom is -0.493 e. The normalized spacial score (nSPS) is 11.4. The van der Waals surface area contributed by atoms with E-state index in [2.05, 4.69) is 34.9 Å². The molecule has 21 heteroatoms. The Morgan fingerprint density at radius 2 is 0.705 bits per heavy atom. The molecule has 1 aromatic heterocycles. The highest BCUT2D eigenvalue weighted by molar-refractivity contribution is 7.94. The van der Waals surface area contributed by atoms with E-state index in [-0.39, 0.29) is 36.1 Å². The van der Waals surface area contributed by atoms with E-state index in [1.165, 1.54) is 37.7 Å². The molecule has 1 heterocycles. The summed E-state index contributed by atoms with van der Waals surface area (Å²) in [7, 11) is -8.04. The number of nitrogens with one attached hydrogen (secondary N) is 3. The van der Waals surface area contributed by atoms with Crippen molar-refractivity contribution in [1.82, 2.24) is 0 Å². The Morgan fingerprint density at radius 3 is 1.00 bits per heavy atom. The van der Waals surface area contributed by atoms with Crippen molar-refractivity contribution in [3.63, 3.8) is 0 Å². The predicted octanol–water partition coefficient (Wildman–Crippen LogP) is 13.3. The number of benzene rings is 8. The first-order valence-electron chi connectivity index (χ1n) is 27.5. The van der Waals surface area contributed by atoms with Gasteiger partial charge in [0.05, 0.1) is 40.7 Å². The van der Waals surface area contributed by atoms with Crippen LogP contribution in [0, 0.1) is 0 Å². The van der Waals surface area contributed by atoms with Gasteiger partial charge in [0, 0.05) is 23.1 Å². The molecule has 0 bridgehead atoms. The number of carboxylic acid groups (broad SMARTS) is 3. The molecule has 0 saturated carbocycles. The molecule has 9 aromatic rings. The van der Waals surface area contributed by atoms with Crippen molar-refractivity contribution in [2.45, 2.75) is 78.7 Å². The second kappa shape index (κ2) is 29.9. The van der Waals surface area contributed by atoms with Gasteiger partial charge in [0.15, 0.2) is 11.5 Å². The number of sulfonamides is 3. The van der Waals surface area contributed by atoms with E-state index in [1.807, 2.05) is 72.8 Å². The van der Waals surface area contributed by atoms with Crippen molar-refractivity contribution in [3.8, 4) is 11.5 Å². The van der Waals surface area contributed by atoms with Crippen LogP contribution in [-0.2, 0) is 74.0 Å². The molecule has 0 amide bonds. The summed E-state index contributed by atoms with van der Waals surface area (Å²) in [5.41, 5.74) is 9.64. The van der Waals surface area contributed by atoms with E-state index < -0.39 is 48.0 Å². The lowest BCUT2D eigenvalue weighted by atomic mass is 9.87. The van der Waals surface area contributed by atoms with Gasteiger partial charge in [0.25, 0.3) is 30.1 Å². The maximum Gasteiger partial charge on any atom is 0.335 e. The molecule has 8 aromatic carbocycles. The number of aromatic carboxylic acids is 3. The van der Waals surface area contributed by atoms with Crippen LogP contribution in [0.2, 0.25) is 0 Å². The van der Waals surface area contributed by atoms with Crippen LogP contribution in [0.1, 0.15) is 90.8 Å². The van der Waals surface area contributed by atoms with Crippen molar-refractivity contribution in [1.29, 1.82) is 0 Å². The molecule has 0 radical (unpaired) electrons. The molecule has 9 rings (SSSR count). The molecule has 0 spiro atoms. The molecule has 6 N–H and O–H groups in total. The molecule has 0 saturated heterocycles. The van der Waals surface area contributed by atoms with Gasteiger partial charge in [-0.2, -0.15) is 0 Å². The van der Waals surface area contributed by atoms with E-state index in [9.17, 15) is 39.6 Å². The second-order valence-corrected chi connectivity index (χ2v) is 27.4. The molecule has 0 unspecified atom stereocenters. The van der Waals surface area contributed by atoms with Crippen LogP contribution in [0.4, 0.5) is 17.1 Å². The van der Waals surface area contributed by atoms with Crippen molar-refractivity contribution in [2.24, 2.45) is 0 Å². The Morgan fingerprint density at radius 1 is 0.398 bits per heavy atom. The first-order valence-corrected chi connectivity index (χ1v) is 32.8. The quantitative estimate of drug-likeness (QED) is 0.0348. The number of carbonyl (C=O) groups is 3. The molecule has 88 heavy (non-hydrogen) atoms. The third kappa shape index (κ3) is 19.4. The number of thiophene rings is 1. The Balaban J connectivity index is 0.000000189. The number of rotatable bonds is 23. The van der Waals surface area contributed by atoms with E-state index >= 15 is 0 Å². The summed E-state index contributed by atoms with van der Waals surface area (Å²) in [6, 6.07) is 56.8. The maximum atomic E-state index is 12.7. The maximum absolute atomic E-state index is 12.7. The molecule has 0 aliphatic carbocycles. The fourth-order valence-corrected chi connectivity index (χ4v) is 12.9. The third-order valence-electron chi connectivity index (χ3n) is 13.8. The van der Waals surface area contributed by atoms with E-state index in [4.69, 9.17) is 24.8 Å². The predicted molar refractivity (Wildman–Crippen MR) is 343 cm³/mol. The standard InChI is InChI=1S/C25H27NO4S.C23H23NO6S.C19H17NO4S2/c1-25(2,3)21-12-16-23(17-13-21)31(29,30)26-22-14-8-19(9-15-22)5-4-18-6-10-20(11-7-18)24(27)28;1-29-21-14-13-20(15-22(21)30-2)31(27,28)24-19-11-7-17(8-12-19)4-3-16-5-9-18(10-6-16)23(25)26;21-19(22)16-9-5-14(6-10-16)3-4-15-7-11-17(12-8-15)20-26(23,24)18-2-1-13-25-18/h6-17,26H,4-5H2,1-3H3,(H,27,28);5-15,24H,3-4H2,1-2H3,(H,25,26);1-2,5-13,20H,3-4H2,(H,21,22). The van der Waals surface area contributed by atoms with Gasteiger partial charge in [-0.3, -0.25) is 14.2 Å². The number of hydrogen-bond acceptors (Lipinski definition) is 12. The van der Waals surface area contributed by atoms with Gasteiger partial charge in [0.2, 0.25) is 0 Å². The lowest BCUT2D eigenvalue weighted by Gasteiger charge is -2.19. The van der Waals surface area contributed by atoms with Crippen LogP contribution < -0.4 is 23.6 Å². The number of anilines is 3. The van der Waals surface area contributed by atoms with E-state index in [0.717, 1.165) is 77.5 Å². The molecule has 0 atom stereocenters. The number of ether oxygens (including phenoxy) is 2. The summed E-state index contributed by atoms with van der Waals surface area (Å²) < 4.78 is 93.5. The molecule has 0 aliphatic heterocycles. The fraction of sp³-hybridized carbons (Fsp3) is 0.179. The lowest BCUT2D eigenvalue weighted by Crippen LogP contribution is -2.14. The van der Waals surface area contributed by atoms with Crippen LogP contribution in [0.25, 0.3) is 0 Å². The highest BCUT2D eigenvalue weighted by atomic mass is 32.2. The molecule has 0 aliphatic rings. The first kappa shape index (κ1) is 66.2. The van der Waals surface area contributed by atoms with Gasteiger partial charge in [-0.15, -0.1) is 11.3 Å². The summed E-state index contributed by atoms with van der Waals surface area (Å²) in [6.07, 6.45) is 4.59. The van der Waals surface area contributed by atoms with Crippen LogP contribution in [-0.4, -0.2) is 72.7 Å². The number of carboxylic acids is 3. The van der Waals surface area contributed by atoms with E-state index in [1.54, 1.807) is 121 Å². The Bertz CT molecular complexity index is 4140. The zero-order valence-corrected chi connectivity index (χ0v) is 52.1. The third-order valence-corrected chi connectivity index (χ3v) is 19.3.